The van der Waals surface area contributed by atoms with E-state index in [1.807, 2.05) is 12.1 Å². The molecule has 1 aromatic carbocycles. The minimum absolute atomic E-state index is 0.0223. The molecule has 23 heavy (non-hydrogen) atoms. The van der Waals surface area contributed by atoms with Crippen LogP contribution in [0.5, 0.6) is 0 Å². The summed E-state index contributed by atoms with van der Waals surface area (Å²) in [5, 5.41) is 13.6. The molecule has 0 radical (unpaired) electrons. The summed E-state index contributed by atoms with van der Waals surface area (Å²) in [5.74, 6) is -0.0584. The molecule has 0 bridgehead atoms. The number of nitrogens with zero attached hydrogens (tertiary/aromatic N) is 1. The third kappa shape index (κ3) is 3.01. The van der Waals surface area contributed by atoms with Crippen molar-refractivity contribution in [1.82, 2.24) is 4.98 Å². The lowest BCUT2D eigenvalue weighted by Gasteiger charge is -2.16. The average molecular weight is 314 g/mol. The van der Waals surface area contributed by atoms with Crippen molar-refractivity contribution in [3.63, 3.8) is 0 Å². The quantitative estimate of drug-likeness (QED) is 0.829. The lowest BCUT2D eigenvalue weighted by atomic mass is 9.94. The number of pyridine rings is 1. The van der Waals surface area contributed by atoms with Crippen LogP contribution in [0.15, 0.2) is 18.3 Å². The number of carbonyl (C=O) groups excluding carboxylic acids is 1. The van der Waals surface area contributed by atoms with Crippen LogP contribution in [-0.2, 0) is 11.3 Å². The van der Waals surface area contributed by atoms with Crippen LogP contribution in [0.1, 0.15) is 54.1 Å². The first kappa shape index (κ1) is 15.7. The number of esters is 1. The Hall–Kier alpha value is -2.14. The molecule has 0 amide bonds. The zero-order valence-electron chi connectivity index (χ0n) is 13.7. The smallest absolute Gasteiger partial charge is 0.342 e. The van der Waals surface area contributed by atoms with Gasteiger partial charge in [-0.1, -0.05) is 13.8 Å². The van der Waals surface area contributed by atoms with Gasteiger partial charge in [-0.15, -0.1) is 0 Å². The summed E-state index contributed by atoms with van der Waals surface area (Å²) >= 11 is 0. The van der Waals surface area contributed by atoms with E-state index in [9.17, 15) is 9.90 Å². The number of aliphatic hydroxyl groups is 1. The Labute approximate surface area is 135 Å². The van der Waals surface area contributed by atoms with Gasteiger partial charge in [0.15, 0.2) is 0 Å². The lowest BCUT2D eigenvalue weighted by molar-refractivity contribution is 0.0473. The molecule has 1 saturated carbocycles. The van der Waals surface area contributed by atoms with Gasteiger partial charge < -0.3 is 15.2 Å². The van der Waals surface area contributed by atoms with Crippen LogP contribution in [0.4, 0.5) is 5.69 Å². The third-order valence-electron chi connectivity index (χ3n) is 4.19. The van der Waals surface area contributed by atoms with E-state index in [1.165, 1.54) is 0 Å². The second-order valence-electron chi connectivity index (χ2n) is 6.28. The molecule has 2 aromatic rings. The Morgan fingerprint density at radius 1 is 1.43 bits per heavy atom. The molecule has 0 saturated heterocycles. The van der Waals surface area contributed by atoms with E-state index in [-0.39, 0.29) is 24.6 Å². The van der Waals surface area contributed by atoms with Crippen molar-refractivity contribution in [3.8, 4) is 0 Å². The van der Waals surface area contributed by atoms with Gasteiger partial charge in [0.05, 0.1) is 17.8 Å². The van der Waals surface area contributed by atoms with Crippen molar-refractivity contribution in [1.29, 1.82) is 0 Å². The van der Waals surface area contributed by atoms with E-state index in [4.69, 9.17) is 4.74 Å². The number of hydrogen-bond donors (Lipinski definition) is 2. The predicted octanol–water partition coefficient (Wildman–Crippen LogP) is 3.21. The lowest BCUT2D eigenvalue weighted by Crippen LogP contribution is -2.11. The highest BCUT2D eigenvalue weighted by atomic mass is 16.5. The minimum atomic E-state index is -0.330. The zero-order chi connectivity index (χ0) is 16.6. The molecular weight excluding hydrogens is 292 g/mol. The van der Waals surface area contributed by atoms with Crippen LogP contribution in [0.3, 0.4) is 0 Å². The van der Waals surface area contributed by atoms with E-state index in [0.717, 1.165) is 40.6 Å². The molecule has 3 rings (SSSR count). The summed E-state index contributed by atoms with van der Waals surface area (Å²) in [6.45, 7) is 4.14. The Morgan fingerprint density at radius 2 is 2.17 bits per heavy atom. The summed E-state index contributed by atoms with van der Waals surface area (Å²) in [6, 6.07) is 3.90. The van der Waals surface area contributed by atoms with Crippen LogP contribution in [-0.4, -0.2) is 29.2 Å². The fourth-order valence-corrected chi connectivity index (χ4v) is 2.80. The second kappa shape index (κ2) is 6.16. The number of aliphatic hydroxyl groups excluding tert-OH is 1. The average Bonchev–Trinajstić information content (AvgIpc) is 3.35. The molecule has 0 atom stereocenters. The number of hydrogen-bond acceptors (Lipinski definition) is 5. The van der Waals surface area contributed by atoms with Crippen molar-refractivity contribution >= 4 is 22.6 Å². The molecule has 1 aliphatic rings. The van der Waals surface area contributed by atoms with Gasteiger partial charge in [-0.3, -0.25) is 4.98 Å². The van der Waals surface area contributed by atoms with Crippen LogP contribution < -0.4 is 5.32 Å². The first-order chi connectivity index (χ1) is 11.0. The van der Waals surface area contributed by atoms with Crippen molar-refractivity contribution in [2.45, 2.75) is 45.3 Å². The SMILES string of the molecule is CNc1c(C(=O)OC2CC2)cnc2cc(CO)c(C(C)C)cc12. The van der Waals surface area contributed by atoms with E-state index in [2.05, 4.69) is 24.1 Å². The zero-order valence-corrected chi connectivity index (χ0v) is 13.7. The Balaban J connectivity index is 2.14. The number of benzene rings is 1. The van der Waals surface area contributed by atoms with E-state index in [0.29, 0.717) is 5.56 Å². The Kier molecular flexibility index (Phi) is 4.22. The number of anilines is 1. The molecule has 1 aliphatic carbocycles. The standard InChI is InChI=1S/C18H22N2O3/c1-10(2)13-7-14-16(6-11(13)9-21)20-8-15(17(14)19-3)18(22)23-12-4-5-12/h6-8,10,12,21H,4-5,9H2,1-3H3,(H,19,20). The van der Waals surface area contributed by atoms with Crippen LogP contribution in [0.25, 0.3) is 10.9 Å². The fraction of sp³-hybridized carbons (Fsp3) is 0.444. The number of carbonyl (C=O) groups is 1. The van der Waals surface area contributed by atoms with Gasteiger partial charge in [0.25, 0.3) is 0 Å². The molecule has 0 aliphatic heterocycles. The molecule has 2 N–H and O–H groups in total. The maximum atomic E-state index is 12.3. The van der Waals surface area contributed by atoms with Gasteiger partial charge in [-0.05, 0) is 42.0 Å². The van der Waals surface area contributed by atoms with Crippen molar-refractivity contribution in [2.24, 2.45) is 0 Å². The number of ether oxygens (including phenoxy) is 1. The predicted molar refractivity (Wildman–Crippen MR) is 89.7 cm³/mol. The minimum Gasteiger partial charge on any atom is -0.459 e. The number of nitrogens with one attached hydrogen (secondary N) is 1. The molecule has 1 fully saturated rings. The first-order valence-electron chi connectivity index (χ1n) is 8.00. The monoisotopic (exact) mass is 314 g/mol. The van der Waals surface area contributed by atoms with E-state index >= 15 is 0 Å². The van der Waals surface area contributed by atoms with Crippen molar-refractivity contribution < 1.29 is 14.6 Å². The Bertz CT molecular complexity index is 752. The largest absolute Gasteiger partial charge is 0.459 e. The number of rotatable bonds is 5. The van der Waals surface area contributed by atoms with Crippen molar-refractivity contribution in [2.75, 3.05) is 12.4 Å². The van der Waals surface area contributed by atoms with Crippen LogP contribution >= 0.6 is 0 Å². The topological polar surface area (TPSA) is 71.5 Å². The van der Waals surface area contributed by atoms with E-state index < -0.39 is 0 Å². The molecule has 122 valence electrons. The molecular formula is C18H22N2O3. The summed E-state index contributed by atoms with van der Waals surface area (Å²) in [5.41, 5.74) is 3.87. The highest BCUT2D eigenvalue weighted by molar-refractivity contribution is 6.05. The summed E-state index contributed by atoms with van der Waals surface area (Å²) < 4.78 is 5.40. The third-order valence-corrected chi connectivity index (χ3v) is 4.19. The molecule has 5 nitrogen and oxygen atoms in total. The maximum Gasteiger partial charge on any atom is 0.342 e. The van der Waals surface area contributed by atoms with Gasteiger partial charge >= 0.3 is 5.97 Å². The van der Waals surface area contributed by atoms with Gasteiger partial charge in [0.2, 0.25) is 0 Å². The molecule has 0 unspecified atom stereocenters. The summed E-state index contributed by atoms with van der Waals surface area (Å²) in [4.78, 5) is 16.7. The molecule has 1 heterocycles. The maximum absolute atomic E-state index is 12.3. The van der Waals surface area contributed by atoms with E-state index in [1.54, 1.807) is 13.2 Å². The Morgan fingerprint density at radius 3 is 2.74 bits per heavy atom. The fourth-order valence-electron chi connectivity index (χ4n) is 2.80. The molecule has 5 heteroatoms. The van der Waals surface area contributed by atoms with Gasteiger partial charge in [-0.2, -0.15) is 0 Å². The van der Waals surface area contributed by atoms with Gasteiger partial charge in [0, 0.05) is 18.6 Å². The number of fused-ring (bicyclic) bond motifs is 1. The first-order valence-corrected chi connectivity index (χ1v) is 8.00. The number of aromatic nitrogens is 1. The summed E-state index contributed by atoms with van der Waals surface area (Å²) in [6.07, 6.45) is 3.50. The molecule has 0 spiro atoms. The highest BCUT2D eigenvalue weighted by Gasteiger charge is 2.28. The second-order valence-corrected chi connectivity index (χ2v) is 6.28. The molecule has 1 aromatic heterocycles. The van der Waals surface area contributed by atoms with Crippen LogP contribution in [0, 0.1) is 0 Å². The van der Waals surface area contributed by atoms with Gasteiger partial charge in [0.1, 0.15) is 11.7 Å². The van der Waals surface area contributed by atoms with Crippen LogP contribution in [0.2, 0.25) is 0 Å². The normalized spacial score (nSPS) is 14.3. The summed E-state index contributed by atoms with van der Waals surface area (Å²) in [7, 11) is 1.79. The van der Waals surface area contributed by atoms with Gasteiger partial charge in [-0.25, -0.2) is 4.79 Å². The van der Waals surface area contributed by atoms with Crippen molar-refractivity contribution in [3.05, 3.63) is 35.0 Å². The highest BCUT2D eigenvalue weighted by Crippen LogP contribution is 2.33.